The first-order valence-electron chi connectivity index (χ1n) is 7.78. The van der Waals surface area contributed by atoms with Crippen molar-refractivity contribution in [2.45, 2.75) is 6.61 Å². The Kier molecular flexibility index (Phi) is 5.30. The van der Waals surface area contributed by atoms with E-state index in [9.17, 15) is 23.7 Å². The number of alkyl halides is 2. The van der Waals surface area contributed by atoms with E-state index >= 15 is 0 Å². The van der Waals surface area contributed by atoms with Gasteiger partial charge in [0.1, 0.15) is 5.75 Å². The number of hydrogen-bond donors (Lipinski definition) is 0. The lowest BCUT2D eigenvalue weighted by atomic mass is 10.1. The number of methoxy groups -OCH3 is 1. The molecule has 1 aliphatic heterocycles. The third-order valence-corrected chi connectivity index (χ3v) is 3.67. The van der Waals surface area contributed by atoms with Crippen molar-refractivity contribution in [3.8, 4) is 11.5 Å². The quantitative estimate of drug-likeness (QED) is 0.324. The predicted octanol–water partition coefficient (Wildman–Crippen LogP) is 3.55. The van der Waals surface area contributed by atoms with Crippen LogP contribution in [-0.2, 0) is 9.53 Å². The van der Waals surface area contributed by atoms with Gasteiger partial charge in [0.25, 0.3) is 0 Å². The van der Waals surface area contributed by atoms with Gasteiger partial charge in [-0.15, -0.1) is 0 Å². The van der Waals surface area contributed by atoms with E-state index in [4.69, 9.17) is 9.47 Å². The van der Waals surface area contributed by atoms with Gasteiger partial charge in [-0.3, -0.25) is 10.1 Å². The molecule has 2 aromatic rings. The summed E-state index contributed by atoms with van der Waals surface area (Å²) in [6.45, 7) is -3.03. The summed E-state index contributed by atoms with van der Waals surface area (Å²) in [6, 6.07) is 9.79. The molecule has 0 bridgehead atoms. The molecule has 0 saturated heterocycles. The summed E-state index contributed by atoms with van der Waals surface area (Å²) in [5.41, 5.74) is -0.118. The van der Waals surface area contributed by atoms with E-state index < -0.39 is 17.5 Å². The minimum Gasteiger partial charge on any atom is -0.490 e. The molecule has 3 rings (SSSR count). The lowest BCUT2D eigenvalue weighted by Gasteiger charge is -2.07. The maximum absolute atomic E-state index is 12.5. The molecule has 0 spiro atoms. The van der Waals surface area contributed by atoms with E-state index in [1.54, 1.807) is 6.07 Å². The molecule has 0 atom stereocenters. The van der Waals surface area contributed by atoms with Crippen LogP contribution in [0.15, 0.2) is 53.2 Å². The molecule has 1 heterocycles. The van der Waals surface area contributed by atoms with Gasteiger partial charge in [-0.05, 0) is 24.3 Å². The zero-order valence-corrected chi connectivity index (χ0v) is 14.3. The molecule has 8 nitrogen and oxygen atoms in total. The van der Waals surface area contributed by atoms with Gasteiger partial charge in [-0.25, -0.2) is 9.79 Å². The normalized spacial score (nSPS) is 14.8. The second-order valence-corrected chi connectivity index (χ2v) is 5.40. The van der Waals surface area contributed by atoms with Crippen LogP contribution >= 0.6 is 0 Å². The van der Waals surface area contributed by atoms with E-state index in [0.717, 1.165) is 6.07 Å². The lowest BCUT2D eigenvalue weighted by molar-refractivity contribution is -0.385. The summed E-state index contributed by atoms with van der Waals surface area (Å²) in [5.74, 6) is -1.09. The fourth-order valence-corrected chi connectivity index (χ4v) is 2.45. The van der Waals surface area contributed by atoms with Crippen LogP contribution in [-0.4, -0.2) is 30.5 Å². The maximum Gasteiger partial charge on any atom is 0.387 e. The number of benzene rings is 2. The topological polar surface area (TPSA) is 100 Å². The van der Waals surface area contributed by atoms with E-state index in [0.29, 0.717) is 0 Å². The van der Waals surface area contributed by atoms with Gasteiger partial charge >= 0.3 is 18.3 Å². The highest BCUT2D eigenvalue weighted by Crippen LogP contribution is 2.30. The third-order valence-electron chi connectivity index (χ3n) is 3.67. The number of nitro groups is 1. The fraction of sp³-hybridized carbons (Fsp3) is 0.111. The number of hydrogen-bond acceptors (Lipinski definition) is 7. The standard InChI is InChI=1S/C18H12F2N2O6/c1-26-15-7-6-11(9-13(15)22(24)25)16-21-12(17(23)28-16)8-10-4-2-3-5-14(10)27-18(19)20/h2-9,18H,1H3/b12-8-. The van der Waals surface area contributed by atoms with Crippen molar-refractivity contribution >= 4 is 23.6 Å². The van der Waals surface area contributed by atoms with E-state index in [-0.39, 0.29) is 39.9 Å². The Labute approximate surface area is 156 Å². The summed E-state index contributed by atoms with van der Waals surface area (Å²) in [6.07, 6.45) is 1.23. The van der Waals surface area contributed by atoms with Crippen molar-refractivity contribution in [1.82, 2.24) is 0 Å². The Morgan fingerprint density at radius 2 is 1.96 bits per heavy atom. The average Bonchev–Trinajstić information content (AvgIpc) is 3.03. The highest BCUT2D eigenvalue weighted by atomic mass is 19.3. The van der Waals surface area contributed by atoms with Gasteiger partial charge in [-0.1, -0.05) is 18.2 Å². The summed E-state index contributed by atoms with van der Waals surface area (Å²) in [7, 11) is 1.29. The first kappa shape index (κ1) is 19.0. The molecule has 10 heteroatoms. The molecular weight excluding hydrogens is 378 g/mol. The number of cyclic esters (lactones) is 1. The summed E-state index contributed by atoms with van der Waals surface area (Å²) >= 11 is 0. The molecule has 0 amide bonds. The van der Waals surface area contributed by atoms with Crippen LogP contribution in [0.2, 0.25) is 0 Å². The number of esters is 1. The number of rotatable bonds is 6. The first-order valence-corrected chi connectivity index (χ1v) is 7.78. The Morgan fingerprint density at radius 1 is 1.21 bits per heavy atom. The lowest BCUT2D eigenvalue weighted by Crippen LogP contribution is -2.06. The Hall–Kier alpha value is -3.82. The molecule has 0 fully saturated rings. The number of halogens is 2. The van der Waals surface area contributed by atoms with Crippen molar-refractivity contribution < 1.29 is 32.7 Å². The van der Waals surface area contributed by atoms with Crippen LogP contribution in [0.4, 0.5) is 14.5 Å². The van der Waals surface area contributed by atoms with E-state index in [1.165, 1.54) is 43.5 Å². The highest BCUT2D eigenvalue weighted by Gasteiger charge is 2.27. The van der Waals surface area contributed by atoms with Crippen LogP contribution < -0.4 is 9.47 Å². The third kappa shape index (κ3) is 3.95. The largest absolute Gasteiger partial charge is 0.490 e. The van der Waals surface area contributed by atoms with Gasteiger partial charge in [0.05, 0.1) is 12.0 Å². The van der Waals surface area contributed by atoms with Crippen LogP contribution in [0.25, 0.3) is 6.08 Å². The van der Waals surface area contributed by atoms with Gasteiger partial charge < -0.3 is 14.2 Å². The van der Waals surface area contributed by atoms with Crippen LogP contribution in [0, 0.1) is 10.1 Å². The Morgan fingerprint density at radius 3 is 2.64 bits per heavy atom. The zero-order chi connectivity index (χ0) is 20.3. The second-order valence-electron chi connectivity index (χ2n) is 5.40. The van der Waals surface area contributed by atoms with Gasteiger partial charge in [0.15, 0.2) is 11.4 Å². The number of nitro benzene ring substituents is 1. The molecule has 28 heavy (non-hydrogen) atoms. The van der Waals surface area contributed by atoms with Crippen LogP contribution in [0.3, 0.4) is 0 Å². The van der Waals surface area contributed by atoms with Gasteiger partial charge in [0.2, 0.25) is 5.90 Å². The van der Waals surface area contributed by atoms with Crippen LogP contribution in [0.5, 0.6) is 11.5 Å². The molecule has 0 aromatic heterocycles. The molecule has 0 radical (unpaired) electrons. The SMILES string of the molecule is COc1ccc(C2=N/C(=C\c3ccccc3OC(F)F)C(=O)O2)cc1[N+](=O)[O-]. The monoisotopic (exact) mass is 390 g/mol. The minimum absolute atomic E-state index is 0.0347. The fourth-order valence-electron chi connectivity index (χ4n) is 2.45. The molecule has 0 unspecified atom stereocenters. The number of carbonyl (C=O) groups excluding carboxylic acids is 1. The molecule has 2 aromatic carbocycles. The van der Waals surface area contributed by atoms with Crippen molar-refractivity contribution in [1.29, 1.82) is 0 Å². The highest BCUT2D eigenvalue weighted by molar-refractivity contribution is 6.13. The second kappa shape index (κ2) is 7.82. The van der Waals surface area contributed by atoms with Crippen molar-refractivity contribution in [3.63, 3.8) is 0 Å². The summed E-state index contributed by atoms with van der Waals surface area (Å²) < 4.78 is 39.4. The number of ether oxygens (including phenoxy) is 3. The Balaban J connectivity index is 1.97. The predicted molar refractivity (Wildman–Crippen MR) is 93.3 cm³/mol. The van der Waals surface area contributed by atoms with E-state index in [2.05, 4.69) is 9.73 Å². The summed E-state index contributed by atoms with van der Waals surface area (Å²) in [4.78, 5) is 26.6. The summed E-state index contributed by atoms with van der Waals surface area (Å²) in [5, 5.41) is 11.1. The molecule has 0 aliphatic carbocycles. The van der Waals surface area contributed by atoms with E-state index in [1.807, 2.05) is 0 Å². The molecule has 0 saturated carbocycles. The maximum atomic E-state index is 12.5. The van der Waals surface area contributed by atoms with Crippen molar-refractivity contribution in [3.05, 3.63) is 69.4 Å². The first-order chi connectivity index (χ1) is 13.4. The smallest absolute Gasteiger partial charge is 0.387 e. The molecule has 144 valence electrons. The number of aliphatic imine (C=N–C) groups is 1. The van der Waals surface area contributed by atoms with Gasteiger partial charge in [0, 0.05) is 17.2 Å². The van der Waals surface area contributed by atoms with Gasteiger partial charge in [-0.2, -0.15) is 8.78 Å². The minimum atomic E-state index is -3.03. The molecule has 0 N–H and O–H groups in total. The Bertz CT molecular complexity index is 1000. The number of carbonyl (C=O) groups is 1. The number of para-hydroxylation sites is 1. The zero-order valence-electron chi connectivity index (χ0n) is 14.3. The van der Waals surface area contributed by atoms with Crippen molar-refractivity contribution in [2.24, 2.45) is 4.99 Å². The number of nitrogens with zero attached hydrogens (tertiary/aromatic N) is 2. The van der Waals surface area contributed by atoms with Crippen LogP contribution in [0.1, 0.15) is 11.1 Å². The molecule has 1 aliphatic rings. The average molecular weight is 390 g/mol. The molecular formula is C18H12F2N2O6. The van der Waals surface area contributed by atoms with Crippen molar-refractivity contribution in [2.75, 3.05) is 7.11 Å².